The third kappa shape index (κ3) is 3.90. The van der Waals surface area contributed by atoms with E-state index in [9.17, 15) is 9.59 Å². The normalized spacial score (nSPS) is 16.3. The average Bonchev–Trinajstić information content (AvgIpc) is 3.21. The second-order valence-corrected chi connectivity index (χ2v) is 7.62. The number of methoxy groups -OCH3 is 1. The van der Waals surface area contributed by atoms with Gasteiger partial charge in [0.15, 0.2) is 11.3 Å². The van der Waals surface area contributed by atoms with E-state index in [4.69, 9.17) is 9.15 Å². The summed E-state index contributed by atoms with van der Waals surface area (Å²) in [6.07, 6.45) is 2.26. The molecule has 6 heteroatoms. The quantitative estimate of drug-likeness (QED) is 0.660. The largest absolute Gasteiger partial charge is 0.493 e. The predicted octanol–water partition coefficient (Wildman–Crippen LogP) is 4.37. The number of hydrogen-bond acceptors (Lipinski definition) is 4. The summed E-state index contributed by atoms with van der Waals surface area (Å²) in [7, 11) is 1.60. The molecule has 2 unspecified atom stereocenters. The molecular formula is C24H26N2O4. The molecule has 0 aliphatic carbocycles. The monoisotopic (exact) mass is 406 g/mol. The summed E-state index contributed by atoms with van der Waals surface area (Å²) in [6.45, 7) is 2.46. The zero-order valence-electron chi connectivity index (χ0n) is 17.3. The fourth-order valence-electron chi connectivity index (χ4n) is 4.00. The molecule has 2 heterocycles. The molecule has 1 saturated heterocycles. The Kier molecular flexibility index (Phi) is 5.74. The van der Waals surface area contributed by atoms with Crippen molar-refractivity contribution < 1.29 is 18.7 Å². The van der Waals surface area contributed by atoms with Crippen LogP contribution < -0.4 is 10.1 Å². The minimum atomic E-state index is -0.652. The van der Waals surface area contributed by atoms with Crippen LogP contribution in [0.5, 0.6) is 5.75 Å². The number of piperidine rings is 1. The van der Waals surface area contributed by atoms with Crippen molar-refractivity contribution in [3.8, 4) is 5.75 Å². The molecule has 2 amide bonds. The molecule has 1 N–H and O–H groups in total. The van der Waals surface area contributed by atoms with Gasteiger partial charge in [-0.3, -0.25) is 9.59 Å². The van der Waals surface area contributed by atoms with E-state index in [1.807, 2.05) is 61.5 Å². The zero-order chi connectivity index (χ0) is 21.1. The van der Waals surface area contributed by atoms with Gasteiger partial charge in [-0.15, -0.1) is 0 Å². The fourth-order valence-corrected chi connectivity index (χ4v) is 4.00. The van der Waals surface area contributed by atoms with Gasteiger partial charge in [-0.05, 0) is 37.5 Å². The molecular weight excluding hydrogens is 380 g/mol. The van der Waals surface area contributed by atoms with Crippen molar-refractivity contribution >= 4 is 22.8 Å². The number of nitrogens with zero attached hydrogens (tertiary/aromatic N) is 1. The second kappa shape index (κ2) is 8.61. The van der Waals surface area contributed by atoms with Gasteiger partial charge in [0.05, 0.1) is 13.2 Å². The Bertz CT molecular complexity index is 1040. The highest BCUT2D eigenvalue weighted by atomic mass is 16.5. The van der Waals surface area contributed by atoms with E-state index in [-0.39, 0.29) is 17.9 Å². The molecule has 2 aromatic carbocycles. The number of nitrogens with one attached hydrogen (secondary N) is 1. The molecule has 0 radical (unpaired) electrons. The van der Waals surface area contributed by atoms with Crippen LogP contribution in [0, 0.1) is 0 Å². The van der Waals surface area contributed by atoms with Crippen molar-refractivity contribution in [2.45, 2.75) is 38.3 Å². The lowest BCUT2D eigenvalue weighted by Gasteiger charge is -2.34. The summed E-state index contributed by atoms with van der Waals surface area (Å²) in [6, 6.07) is 16.0. The maximum atomic E-state index is 13.3. The highest BCUT2D eigenvalue weighted by molar-refractivity contribution is 5.89. The van der Waals surface area contributed by atoms with E-state index >= 15 is 0 Å². The number of likely N-dealkylation sites (tertiary alicyclic amines) is 1. The van der Waals surface area contributed by atoms with Gasteiger partial charge in [-0.25, -0.2) is 0 Å². The van der Waals surface area contributed by atoms with Crippen LogP contribution in [0.2, 0.25) is 0 Å². The molecule has 6 nitrogen and oxygen atoms in total. The topological polar surface area (TPSA) is 71.8 Å². The lowest BCUT2D eigenvalue weighted by atomic mass is 10.00. The van der Waals surface area contributed by atoms with E-state index in [1.165, 1.54) is 0 Å². The van der Waals surface area contributed by atoms with Gasteiger partial charge in [-0.2, -0.15) is 0 Å². The molecule has 30 heavy (non-hydrogen) atoms. The molecule has 3 aromatic rings. The summed E-state index contributed by atoms with van der Waals surface area (Å²) in [4.78, 5) is 27.6. The van der Waals surface area contributed by atoms with Gasteiger partial charge >= 0.3 is 0 Å². The van der Waals surface area contributed by atoms with Crippen LogP contribution in [0.1, 0.15) is 49.6 Å². The molecule has 1 aliphatic heterocycles. The molecule has 1 aromatic heterocycles. The van der Waals surface area contributed by atoms with Crippen LogP contribution in [0.3, 0.4) is 0 Å². The third-order valence-electron chi connectivity index (χ3n) is 5.57. The third-order valence-corrected chi connectivity index (χ3v) is 5.57. The number of para-hydroxylation sites is 1. The first-order valence-corrected chi connectivity index (χ1v) is 10.3. The molecule has 156 valence electrons. The lowest BCUT2D eigenvalue weighted by Crippen LogP contribution is -2.46. The Balaban J connectivity index is 1.60. The van der Waals surface area contributed by atoms with E-state index in [1.54, 1.807) is 12.0 Å². The van der Waals surface area contributed by atoms with Crippen LogP contribution in [-0.2, 0) is 9.59 Å². The van der Waals surface area contributed by atoms with E-state index < -0.39 is 6.04 Å². The number of amides is 2. The first-order chi connectivity index (χ1) is 14.6. The second-order valence-electron chi connectivity index (χ2n) is 7.62. The Morgan fingerprint density at radius 2 is 1.93 bits per heavy atom. The highest BCUT2D eigenvalue weighted by Crippen LogP contribution is 2.32. The number of furan rings is 1. The zero-order valence-corrected chi connectivity index (χ0v) is 17.3. The summed E-state index contributed by atoms with van der Waals surface area (Å²) in [5.74, 6) is 1.10. The minimum Gasteiger partial charge on any atom is -0.493 e. The van der Waals surface area contributed by atoms with Crippen LogP contribution in [0.4, 0.5) is 0 Å². The van der Waals surface area contributed by atoms with Crippen molar-refractivity contribution in [1.29, 1.82) is 0 Å². The number of ether oxygens (including phenoxy) is 1. The number of carbonyl (C=O) groups is 2. The maximum absolute atomic E-state index is 13.3. The average molecular weight is 406 g/mol. The highest BCUT2D eigenvalue weighted by Gasteiger charge is 2.33. The Hall–Kier alpha value is -3.28. The summed E-state index contributed by atoms with van der Waals surface area (Å²) < 4.78 is 11.3. The van der Waals surface area contributed by atoms with Gasteiger partial charge in [0.1, 0.15) is 11.8 Å². The summed E-state index contributed by atoms with van der Waals surface area (Å²) >= 11 is 0. The van der Waals surface area contributed by atoms with Gasteiger partial charge in [0, 0.05) is 18.4 Å². The maximum Gasteiger partial charge on any atom is 0.248 e. The lowest BCUT2D eigenvalue weighted by molar-refractivity contribution is -0.143. The van der Waals surface area contributed by atoms with Gasteiger partial charge in [0.2, 0.25) is 11.8 Å². The smallest absolute Gasteiger partial charge is 0.248 e. The minimum absolute atomic E-state index is 0.0198. The molecule has 4 rings (SSSR count). The molecule has 1 fully saturated rings. The van der Waals surface area contributed by atoms with Crippen molar-refractivity contribution in [2.75, 3.05) is 13.7 Å². The van der Waals surface area contributed by atoms with Crippen molar-refractivity contribution in [3.63, 3.8) is 0 Å². The molecule has 0 bridgehead atoms. The Labute approximate surface area is 175 Å². The molecule has 0 saturated carbocycles. The number of fused-ring (bicyclic) bond motifs is 1. The van der Waals surface area contributed by atoms with Crippen LogP contribution >= 0.6 is 0 Å². The SMILES string of the molecule is COc1cccc2cc(C(C)NC(=O)C(c3ccccc3)N3CCCCC3=O)oc12. The summed E-state index contributed by atoms with van der Waals surface area (Å²) in [5.41, 5.74) is 1.46. The van der Waals surface area contributed by atoms with Crippen molar-refractivity contribution in [3.05, 3.63) is 65.9 Å². The number of carbonyl (C=O) groups excluding carboxylic acids is 2. The Morgan fingerprint density at radius 3 is 2.67 bits per heavy atom. The first kappa shape index (κ1) is 20.0. The standard InChI is InChI=1S/C24H26N2O4/c1-16(20-15-18-11-8-12-19(29-2)23(18)30-20)25-24(28)22(17-9-4-3-5-10-17)26-14-7-6-13-21(26)27/h3-5,8-12,15-16,22H,6-7,13-14H2,1-2H3,(H,25,28). The first-order valence-electron chi connectivity index (χ1n) is 10.3. The van der Waals surface area contributed by atoms with Crippen molar-refractivity contribution in [1.82, 2.24) is 10.2 Å². The predicted molar refractivity (Wildman–Crippen MR) is 114 cm³/mol. The van der Waals surface area contributed by atoms with Crippen LogP contribution in [0.15, 0.2) is 59.0 Å². The fraction of sp³-hybridized carbons (Fsp3) is 0.333. The number of benzene rings is 2. The Morgan fingerprint density at radius 1 is 1.13 bits per heavy atom. The van der Waals surface area contributed by atoms with E-state index in [0.717, 1.165) is 23.8 Å². The molecule has 1 aliphatic rings. The molecule has 2 atom stereocenters. The van der Waals surface area contributed by atoms with E-state index in [2.05, 4.69) is 5.32 Å². The van der Waals surface area contributed by atoms with Crippen LogP contribution in [0.25, 0.3) is 11.0 Å². The summed E-state index contributed by atoms with van der Waals surface area (Å²) in [5, 5.41) is 3.96. The number of hydrogen-bond donors (Lipinski definition) is 1. The van der Waals surface area contributed by atoms with Crippen molar-refractivity contribution in [2.24, 2.45) is 0 Å². The van der Waals surface area contributed by atoms with Crippen LogP contribution in [-0.4, -0.2) is 30.4 Å². The van der Waals surface area contributed by atoms with E-state index in [0.29, 0.717) is 30.1 Å². The molecule has 0 spiro atoms. The van der Waals surface area contributed by atoms with Gasteiger partial charge in [0.25, 0.3) is 0 Å². The van der Waals surface area contributed by atoms with Gasteiger partial charge < -0.3 is 19.4 Å². The number of rotatable bonds is 6. The van der Waals surface area contributed by atoms with Gasteiger partial charge in [-0.1, -0.05) is 42.5 Å².